The quantitative estimate of drug-likeness (QED) is 0.776. The van der Waals surface area contributed by atoms with Crippen molar-refractivity contribution >= 4 is 0 Å². The zero-order chi connectivity index (χ0) is 11.4. The van der Waals surface area contributed by atoms with Crippen molar-refractivity contribution in [3.63, 3.8) is 0 Å². The summed E-state index contributed by atoms with van der Waals surface area (Å²) >= 11 is 0. The Labute approximate surface area is 82.6 Å². The van der Waals surface area contributed by atoms with Crippen LogP contribution in [0.25, 0.3) is 0 Å². The third kappa shape index (κ3) is 6.21. The summed E-state index contributed by atoms with van der Waals surface area (Å²) in [4.78, 5) is 0. The maximum atomic E-state index is 11.8. The normalized spacial score (nSPS) is 15.6. The van der Waals surface area contributed by atoms with E-state index in [-0.39, 0.29) is 17.9 Å². The topological polar surface area (TPSA) is 35.2 Å². The van der Waals surface area contributed by atoms with Crippen LogP contribution in [0.15, 0.2) is 0 Å². The van der Waals surface area contributed by atoms with Gasteiger partial charge in [-0.25, -0.2) is 0 Å². The van der Waals surface area contributed by atoms with Crippen LogP contribution in [0.4, 0.5) is 13.2 Å². The van der Waals surface area contributed by atoms with Crippen molar-refractivity contribution in [2.24, 2.45) is 17.1 Å². The molecular formula is C9H18F3NO. The monoisotopic (exact) mass is 213 g/mol. The van der Waals surface area contributed by atoms with Gasteiger partial charge in [0.15, 0.2) is 0 Å². The predicted octanol–water partition coefficient (Wildman–Crippen LogP) is 2.19. The van der Waals surface area contributed by atoms with Crippen molar-refractivity contribution in [3.05, 3.63) is 0 Å². The minimum Gasteiger partial charge on any atom is -0.372 e. The van der Waals surface area contributed by atoms with Crippen molar-refractivity contribution in [2.75, 3.05) is 19.8 Å². The van der Waals surface area contributed by atoms with Gasteiger partial charge < -0.3 is 10.5 Å². The van der Waals surface area contributed by atoms with E-state index in [2.05, 4.69) is 4.74 Å². The highest BCUT2D eigenvalue weighted by atomic mass is 19.4. The second-order valence-corrected chi connectivity index (χ2v) is 4.43. The van der Waals surface area contributed by atoms with E-state index in [0.717, 1.165) is 0 Å². The number of hydrogen-bond acceptors (Lipinski definition) is 2. The average Bonchev–Trinajstić information content (AvgIpc) is 1.93. The average molecular weight is 213 g/mol. The Hall–Kier alpha value is -0.290. The highest BCUT2D eigenvalue weighted by Crippen LogP contribution is 2.25. The Kier molecular flexibility index (Phi) is 4.88. The number of hydrogen-bond donors (Lipinski definition) is 1. The van der Waals surface area contributed by atoms with Crippen LogP contribution in [0.2, 0.25) is 0 Å². The van der Waals surface area contributed by atoms with Gasteiger partial charge in [-0.05, 0) is 17.9 Å². The molecule has 1 unspecified atom stereocenters. The van der Waals surface area contributed by atoms with E-state index in [1.165, 1.54) is 0 Å². The van der Waals surface area contributed by atoms with Gasteiger partial charge in [-0.1, -0.05) is 20.8 Å². The molecule has 0 bridgehead atoms. The first kappa shape index (κ1) is 13.7. The van der Waals surface area contributed by atoms with Crippen LogP contribution in [0, 0.1) is 11.3 Å². The van der Waals surface area contributed by atoms with E-state index in [4.69, 9.17) is 5.73 Å². The molecule has 0 amide bonds. The summed E-state index contributed by atoms with van der Waals surface area (Å²) in [5, 5.41) is 0. The third-order valence-electron chi connectivity index (χ3n) is 2.09. The molecule has 14 heavy (non-hydrogen) atoms. The van der Waals surface area contributed by atoms with Crippen LogP contribution in [-0.2, 0) is 4.74 Å². The first-order valence-electron chi connectivity index (χ1n) is 4.51. The van der Waals surface area contributed by atoms with Crippen LogP contribution in [-0.4, -0.2) is 25.9 Å². The summed E-state index contributed by atoms with van der Waals surface area (Å²) in [5.74, 6) is -0.0511. The highest BCUT2D eigenvalue weighted by Gasteiger charge is 2.29. The van der Waals surface area contributed by atoms with E-state index in [0.29, 0.717) is 6.54 Å². The molecule has 2 nitrogen and oxygen atoms in total. The number of alkyl halides is 3. The molecule has 0 aliphatic carbocycles. The molecule has 2 N–H and O–H groups in total. The molecule has 0 heterocycles. The lowest BCUT2D eigenvalue weighted by Crippen LogP contribution is -2.33. The molecule has 0 saturated carbocycles. The fourth-order valence-electron chi connectivity index (χ4n) is 0.989. The zero-order valence-electron chi connectivity index (χ0n) is 8.82. The summed E-state index contributed by atoms with van der Waals surface area (Å²) in [7, 11) is 0. The molecule has 1 atom stereocenters. The molecule has 0 aromatic carbocycles. The number of rotatable bonds is 4. The molecule has 0 saturated heterocycles. The molecule has 0 spiro atoms. The van der Waals surface area contributed by atoms with E-state index >= 15 is 0 Å². The van der Waals surface area contributed by atoms with Crippen molar-refractivity contribution in [3.8, 4) is 0 Å². The summed E-state index contributed by atoms with van der Waals surface area (Å²) in [5.41, 5.74) is 5.32. The summed E-state index contributed by atoms with van der Waals surface area (Å²) in [6, 6.07) is 0. The summed E-state index contributed by atoms with van der Waals surface area (Å²) < 4.78 is 39.8. The molecule has 5 heteroatoms. The Morgan fingerprint density at radius 1 is 1.21 bits per heavy atom. The minimum absolute atomic E-state index is 0.0511. The second kappa shape index (κ2) is 4.98. The Morgan fingerprint density at radius 2 is 1.71 bits per heavy atom. The number of halogens is 3. The van der Waals surface area contributed by atoms with Gasteiger partial charge in [-0.15, -0.1) is 0 Å². The van der Waals surface area contributed by atoms with Gasteiger partial charge in [-0.3, -0.25) is 0 Å². The first-order chi connectivity index (χ1) is 6.17. The lowest BCUT2D eigenvalue weighted by molar-refractivity contribution is -0.178. The van der Waals surface area contributed by atoms with Gasteiger partial charge in [0.1, 0.15) is 6.61 Å². The third-order valence-corrected chi connectivity index (χ3v) is 2.09. The summed E-state index contributed by atoms with van der Waals surface area (Å²) in [6.45, 7) is 4.99. The number of nitrogens with two attached hydrogens (primary N) is 1. The molecule has 0 rings (SSSR count). The SMILES string of the molecule is CC(C)(C)C(CN)COCC(F)(F)F. The molecule has 0 aromatic heterocycles. The Bertz CT molecular complexity index is 162. The van der Waals surface area contributed by atoms with E-state index in [1.807, 2.05) is 20.8 Å². The Balaban J connectivity index is 3.87. The van der Waals surface area contributed by atoms with Crippen LogP contribution in [0.5, 0.6) is 0 Å². The van der Waals surface area contributed by atoms with Crippen LogP contribution in [0.1, 0.15) is 20.8 Å². The van der Waals surface area contributed by atoms with Gasteiger partial charge >= 0.3 is 6.18 Å². The van der Waals surface area contributed by atoms with Gasteiger partial charge in [0.2, 0.25) is 0 Å². The fourth-order valence-corrected chi connectivity index (χ4v) is 0.989. The molecule has 0 fully saturated rings. The Morgan fingerprint density at radius 3 is 2.00 bits per heavy atom. The summed E-state index contributed by atoms with van der Waals surface area (Å²) in [6.07, 6.45) is -4.25. The minimum atomic E-state index is -4.25. The second-order valence-electron chi connectivity index (χ2n) is 4.43. The maximum absolute atomic E-state index is 11.8. The van der Waals surface area contributed by atoms with Crippen LogP contribution < -0.4 is 5.73 Å². The van der Waals surface area contributed by atoms with E-state index in [9.17, 15) is 13.2 Å². The van der Waals surface area contributed by atoms with Gasteiger partial charge in [0.25, 0.3) is 0 Å². The largest absolute Gasteiger partial charge is 0.411 e. The van der Waals surface area contributed by atoms with Crippen molar-refractivity contribution in [1.82, 2.24) is 0 Å². The van der Waals surface area contributed by atoms with Gasteiger partial charge in [0, 0.05) is 0 Å². The predicted molar refractivity (Wildman–Crippen MR) is 48.9 cm³/mol. The first-order valence-corrected chi connectivity index (χ1v) is 4.51. The maximum Gasteiger partial charge on any atom is 0.411 e. The smallest absolute Gasteiger partial charge is 0.372 e. The molecule has 0 radical (unpaired) electrons. The lowest BCUT2D eigenvalue weighted by atomic mass is 9.81. The van der Waals surface area contributed by atoms with Gasteiger partial charge in [0.05, 0.1) is 6.61 Å². The molecule has 0 aliphatic rings. The van der Waals surface area contributed by atoms with Crippen molar-refractivity contribution < 1.29 is 17.9 Å². The number of ether oxygens (including phenoxy) is 1. The zero-order valence-corrected chi connectivity index (χ0v) is 8.82. The molecular weight excluding hydrogens is 195 g/mol. The fraction of sp³-hybridized carbons (Fsp3) is 1.00. The highest BCUT2D eigenvalue weighted by molar-refractivity contribution is 4.74. The standard InChI is InChI=1S/C9H18F3NO/c1-8(2,3)7(4-13)5-14-6-9(10,11)12/h7H,4-6,13H2,1-3H3. The van der Waals surface area contributed by atoms with E-state index < -0.39 is 12.8 Å². The molecule has 0 aliphatic heterocycles. The van der Waals surface area contributed by atoms with Crippen molar-refractivity contribution in [1.29, 1.82) is 0 Å². The van der Waals surface area contributed by atoms with Gasteiger partial charge in [-0.2, -0.15) is 13.2 Å². The molecule has 0 aromatic rings. The van der Waals surface area contributed by atoms with E-state index in [1.54, 1.807) is 0 Å². The lowest BCUT2D eigenvalue weighted by Gasteiger charge is -2.29. The van der Waals surface area contributed by atoms with Crippen LogP contribution >= 0.6 is 0 Å². The van der Waals surface area contributed by atoms with Crippen molar-refractivity contribution in [2.45, 2.75) is 26.9 Å². The molecule has 86 valence electrons. The van der Waals surface area contributed by atoms with Crippen LogP contribution in [0.3, 0.4) is 0 Å².